The number of hydrogen-bond acceptors (Lipinski definition) is 4. The molecule has 0 aliphatic heterocycles. The molecule has 0 aliphatic carbocycles. The second kappa shape index (κ2) is 8.61. The number of benzene rings is 1. The van der Waals surface area contributed by atoms with E-state index in [-0.39, 0.29) is 23.2 Å². The van der Waals surface area contributed by atoms with Gasteiger partial charge < -0.3 is 4.90 Å². The molecule has 1 heterocycles. The van der Waals surface area contributed by atoms with Crippen LogP contribution in [-0.2, 0) is 17.5 Å². The summed E-state index contributed by atoms with van der Waals surface area (Å²) in [6, 6.07) is 8.13. The highest BCUT2D eigenvalue weighted by Gasteiger charge is 2.36. The Labute approximate surface area is 164 Å². The molecule has 1 atom stereocenters. The molecule has 2 rings (SSSR count). The third-order valence-corrected chi connectivity index (χ3v) is 4.93. The van der Waals surface area contributed by atoms with E-state index in [4.69, 9.17) is 0 Å². The van der Waals surface area contributed by atoms with Gasteiger partial charge in [-0.05, 0) is 37.6 Å². The second-order valence-electron chi connectivity index (χ2n) is 6.19. The van der Waals surface area contributed by atoms with Gasteiger partial charge in [0.2, 0.25) is 5.91 Å². The van der Waals surface area contributed by atoms with Gasteiger partial charge in [0.05, 0.1) is 16.4 Å². The van der Waals surface area contributed by atoms with Crippen LogP contribution < -0.4 is 0 Å². The molecular formula is C19H17F4N3OS. The average molecular weight is 411 g/mol. The maximum atomic E-state index is 13.3. The van der Waals surface area contributed by atoms with Gasteiger partial charge in [0.25, 0.3) is 0 Å². The number of pyridine rings is 1. The minimum Gasteiger partial charge on any atom is -0.340 e. The first-order valence-electron chi connectivity index (χ1n) is 8.18. The zero-order valence-corrected chi connectivity index (χ0v) is 16.2. The Kier molecular flexibility index (Phi) is 6.67. The maximum Gasteiger partial charge on any atom is 0.417 e. The van der Waals surface area contributed by atoms with Crippen molar-refractivity contribution in [1.82, 2.24) is 9.88 Å². The van der Waals surface area contributed by atoms with Gasteiger partial charge >= 0.3 is 6.18 Å². The Balaban J connectivity index is 2.22. The van der Waals surface area contributed by atoms with Crippen LogP contribution in [0.15, 0.2) is 35.4 Å². The summed E-state index contributed by atoms with van der Waals surface area (Å²) in [5, 5.41) is 8.27. The fraction of sp³-hybridized carbons (Fsp3) is 0.316. The summed E-state index contributed by atoms with van der Waals surface area (Å²) in [4.78, 5) is 17.9. The lowest BCUT2D eigenvalue weighted by Crippen LogP contribution is -2.33. The molecule has 0 saturated heterocycles. The molecule has 1 amide bonds. The molecule has 0 spiro atoms. The molecule has 1 aromatic carbocycles. The number of rotatable bonds is 5. The van der Waals surface area contributed by atoms with Gasteiger partial charge in [0.15, 0.2) is 0 Å². The van der Waals surface area contributed by atoms with Crippen molar-refractivity contribution in [2.45, 2.75) is 36.8 Å². The lowest BCUT2D eigenvalue weighted by molar-refractivity contribution is -0.138. The molecule has 0 bridgehead atoms. The van der Waals surface area contributed by atoms with Crippen molar-refractivity contribution < 1.29 is 22.4 Å². The smallest absolute Gasteiger partial charge is 0.340 e. The highest BCUT2D eigenvalue weighted by molar-refractivity contribution is 8.00. The number of amides is 1. The summed E-state index contributed by atoms with van der Waals surface area (Å²) in [6.07, 6.45) is -4.70. The van der Waals surface area contributed by atoms with Crippen LogP contribution in [0.1, 0.15) is 29.3 Å². The second-order valence-corrected chi connectivity index (χ2v) is 7.51. The predicted octanol–water partition coefficient (Wildman–Crippen LogP) is 4.56. The topological polar surface area (TPSA) is 57.0 Å². The van der Waals surface area contributed by atoms with E-state index < -0.39 is 28.4 Å². The zero-order valence-electron chi connectivity index (χ0n) is 15.3. The van der Waals surface area contributed by atoms with E-state index in [1.54, 1.807) is 12.1 Å². The van der Waals surface area contributed by atoms with E-state index in [0.717, 1.165) is 17.8 Å². The largest absolute Gasteiger partial charge is 0.417 e. The Hall–Kier alpha value is -2.60. The van der Waals surface area contributed by atoms with E-state index in [9.17, 15) is 27.6 Å². The number of thioether (sulfide) groups is 1. The average Bonchev–Trinajstić information content (AvgIpc) is 2.59. The van der Waals surface area contributed by atoms with Crippen LogP contribution in [0.5, 0.6) is 0 Å². The molecule has 148 valence electrons. The van der Waals surface area contributed by atoms with E-state index in [0.29, 0.717) is 5.56 Å². The number of carbonyl (C=O) groups is 1. The molecule has 2 aromatic rings. The van der Waals surface area contributed by atoms with Gasteiger partial charge in [-0.25, -0.2) is 9.37 Å². The molecule has 0 aliphatic rings. The monoisotopic (exact) mass is 411 g/mol. The lowest BCUT2D eigenvalue weighted by atomic mass is 10.1. The van der Waals surface area contributed by atoms with E-state index in [1.165, 1.54) is 44.0 Å². The van der Waals surface area contributed by atoms with Crippen molar-refractivity contribution in [1.29, 1.82) is 5.26 Å². The normalized spacial score (nSPS) is 12.4. The Morgan fingerprint density at radius 1 is 1.36 bits per heavy atom. The lowest BCUT2D eigenvalue weighted by Gasteiger charge is -2.22. The standard InChI is InChI=1S/C19H17F4N3OS/c1-11-7-16(19(21,22)23)15(9-24)17(25-11)28-12(2)18(27)26(3)10-13-5-4-6-14(20)8-13/h4-8,12H,10H2,1-3H3/t12-/m1/s1. The number of aryl methyl sites for hydroxylation is 1. The molecule has 4 nitrogen and oxygen atoms in total. The summed E-state index contributed by atoms with van der Waals surface area (Å²) in [6.45, 7) is 3.05. The number of hydrogen-bond donors (Lipinski definition) is 0. The Morgan fingerprint density at radius 2 is 2.04 bits per heavy atom. The van der Waals surface area contributed by atoms with Crippen LogP contribution in [0.4, 0.5) is 17.6 Å². The number of carbonyl (C=O) groups excluding carboxylic acids is 1. The molecule has 28 heavy (non-hydrogen) atoms. The van der Waals surface area contributed by atoms with Gasteiger partial charge in [-0.1, -0.05) is 23.9 Å². The number of halogens is 4. The molecule has 0 radical (unpaired) electrons. The van der Waals surface area contributed by atoms with Gasteiger partial charge in [-0.15, -0.1) is 0 Å². The predicted molar refractivity (Wildman–Crippen MR) is 96.9 cm³/mol. The van der Waals surface area contributed by atoms with Crippen LogP contribution in [0.2, 0.25) is 0 Å². The third-order valence-electron chi connectivity index (χ3n) is 3.85. The molecular weight excluding hydrogens is 394 g/mol. The summed E-state index contributed by atoms with van der Waals surface area (Å²) in [5.74, 6) is -0.807. The first kappa shape index (κ1) is 21.7. The molecule has 0 saturated carbocycles. The number of aromatic nitrogens is 1. The maximum absolute atomic E-state index is 13.3. The molecule has 0 fully saturated rings. The molecule has 9 heteroatoms. The van der Waals surface area contributed by atoms with Crippen molar-refractivity contribution in [3.05, 3.63) is 58.5 Å². The first-order valence-corrected chi connectivity index (χ1v) is 9.06. The number of alkyl halides is 3. The highest BCUT2D eigenvalue weighted by Crippen LogP contribution is 2.37. The van der Waals surface area contributed by atoms with Crippen molar-refractivity contribution in [3.8, 4) is 6.07 Å². The zero-order chi connectivity index (χ0) is 21.1. The Morgan fingerprint density at radius 3 is 2.61 bits per heavy atom. The fourth-order valence-corrected chi connectivity index (χ4v) is 3.66. The summed E-state index contributed by atoms with van der Waals surface area (Å²) in [5.41, 5.74) is -0.992. The van der Waals surface area contributed by atoms with Crippen LogP contribution >= 0.6 is 11.8 Å². The molecule has 0 N–H and O–H groups in total. The fourth-order valence-electron chi connectivity index (χ4n) is 2.58. The van der Waals surface area contributed by atoms with Crippen molar-refractivity contribution in [2.75, 3.05) is 7.05 Å². The van der Waals surface area contributed by atoms with Crippen LogP contribution in [0, 0.1) is 24.1 Å². The number of nitrogens with zero attached hydrogens (tertiary/aromatic N) is 3. The number of nitriles is 1. The molecule has 1 aromatic heterocycles. The minimum atomic E-state index is -4.70. The van der Waals surface area contributed by atoms with Crippen LogP contribution in [0.3, 0.4) is 0 Å². The SMILES string of the molecule is Cc1cc(C(F)(F)F)c(C#N)c(S[C@H](C)C(=O)N(C)Cc2cccc(F)c2)n1. The van der Waals surface area contributed by atoms with Gasteiger partial charge in [0.1, 0.15) is 16.9 Å². The molecule has 0 unspecified atom stereocenters. The third kappa shape index (κ3) is 5.23. The van der Waals surface area contributed by atoms with E-state index in [2.05, 4.69) is 4.98 Å². The Bertz CT molecular complexity index is 924. The summed E-state index contributed by atoms with van der Waals surface area (Å²) < 4.78 is 52.9. The van der Waals surface area contributed by atoms with Crippen molar-refractivity contribution >= 4 is 17.7 Å². The van der Waals surface area contributed by atoms with Crippen LogP contribution in [-0.4, -0.2) is 28.1 Å². The van der Waals surface area contributed by atoms with Gasteiger partial charge in [0, 0.05) is 19.3 Å². The van der Waals surface area contributed by atoms with E-state index in [1.807, 2.05) is 0 Å². The van der Waals surface area contributed by atoms with Crippen molar-refractivity contribution in [3.63, 3.8) is 0 Å². The van der Waals surface area contributed by atoms with Crippen LogP contribution in [0.25, 0.3) is 0 Å². The summed E-state index contributed by atoms with van der Waals surface area (Å²) in [7, 11) is 1.51. The highest BCUT2D eigenvalue weighted by atomic mass is 32.2. The minimum absolute atomic E-state index is 0.0987. The van der Waals surface area contributed by atoms with Gasteiger partial charge in [-0.2, -0.15) is 18.4 Å². The van der Waals surface area contributed by atoms with Crippen molar-refractivity contribution in [2.24, 2.45) is 0 Å². The first-order chi connectivity index (χ1) is 13.0. The quantitative estimate of drug-likeness (QED) is 0.535. The van der Waals surface area contributed by atoms with E-state index >= 15 is 0 Å². The summed E-state index contributed by atoms with van der Waals surface area (Å²) >= 11 is 0.790. The van der Waals surface area contributed by atoms with Gasteiger partial charge in [-0.3, -0.25) is 4.79 Å².